The van der Waals surface area contributed by atoms with Crippen LogP contribution in [0.2, 0.25) is 0 Å². The summed E-state index contributed by atoms with van der Waals surface area (Å²) in [5, 5.41) is 7.56. The maximum Gasteiger partial charge on any atom is 0.391 e. The van der Waals surface area contributed by atoms with Crippen molar-refractivity contribution in [1.82, 2.24) is 9.61 Å². The number of aromatic nitrogens is 2. The lowest BCUT2D eigenvalue weighted by atomic mass is 9.81. The number of halogens is 3. The monoisotopic (exact) mass is 297 g/mol. The number of nitrogens with one attached hydrogen (secondary N) is 1. The van der Waals surface area contributed by atoms with E-state index in [1.165, 1.54) is 0 Å². The van der Waals surface area contributed by atoms with Gasteiger partial charge in [0.05, 0.1) is 23.3 Å². The summed E-state index contributed by atoms with van der Waals surface area (Å²) >= 11 is 0. The van der Waals surface area contributed by atoms with Crippen LogP contribution in [0.3, 0.4) is 0 Å². The zero-order chi connectivity index (χ0) is 14.9. The molecule has 1 aliphatic carbocycles. The Morgan fingerprint density at radius 2 is 1.95 bits per heavy atom. The summed E-state index contributed by atoms with van der Waals surface area (Å²) < 4.78 is 39.7. The normalized spacial score (nSPS) is 23.4. The fourth-order valence-corrected chi connectivity index (χ4v) is 3.02. The highest BCUT2D eigenvalue weighted by Crippen LogP contribution is 2.39. The van der Waals surface area contributed by atoms with Gasteiger partial charge in [0.1, 0.15) is 0 Å². The molecule has 3 nitrogen and oxygen atoms in total. The average molecular weight is 297 g/mol. The van der Waals surface area contributed by atoms with Crippen LogP contribution in [0.1, 0.15) is 25.7 Å². The van der Waals surface area contributed by atoms with Crippen molar-refractivity contribution in [2.45, 2.75) is 31.9 Å². The minimum atomic E-state index is -4.03. The molecule has 2 aromatic heterocycles. The van der Waals surface area contributed by atoms with Crippen LogP contribution in [0.5, 0.6) is 0 Å². The van der Waals surface area contributed by atoms with E-state index in [4.69, 9.17) is 0 Å². The number of anilines is 1. The van der Waals surface area contributed by atoms with Crippen LogP contribution < -0.4 is 5.32 Å². The van der Waals surface area contributed by atoms with Crippen LogP contribution in [0.4, 0.5) is 18.9 Å². The Hall–Kier alpha value is -1.72. The van der Waals surface area contributed by atoms with Gasteiger partial charge in [-0.05, 0) is 43.7 Å². The zero-order valence-electron chi connectivity index (χ0n) is 11.6. The van der Waals surface area contributed by atoms with E-state index < -0.39 is 12.1 Å². The van der Waals surface area contributed by atoms with Crippen LogP contribution >= 0.6 is 0 Å². The third-order valence-corrected chi connectivity index (χ3v) is 4.32. The van der Waals surface area contributed by atoms with Crippen molar-refractivity contribution in [2.75, 3.05) is 11.9 Å². The van der Waals surface area contributed by atoms with Gasteiger partial charge in [-0.2, -0.15) is 18.3 Å². The first-order valence-corrected chi connectivity index (χ1v) is 7.27. The van der Waals surface area contributed by atoms with Crippen LogP contribution in [0.15, 0.2) is 30.6 Å². The number of hydrogen-bond donors (Lipinski definition) is 1. The molecule has 1 fully saturated rings. The molecule has 2 heterocycles. The van der Waals surface area contributed by atoms with Crippen LogP contribution in [-0.2, 0) is 0 Å². The van der Waals surface area contributed by atoms with Crippen molar-refractivity contribution in [3.8, 4) is 0 Å². The van der Waals surface area contributed by atoms with Crippen molar-refractivity contribution in [2.24, 2.45) is 11.8 Å². The summed E-state index contributed by atoms with van der Waals surface area (Å²) in [7, 11) is 0. The highest BCUT2D eigenvalue weighted by molar-refractivity contribution is 5.70. The Morgan fingerprint density at radius 3 is 2.67 bits per heavy atom. The van der Waals surface area contributed by atoms with Crippen molar-refractivity contribution in [1.29, 1.82) is 0 Å². The molecule has 0 aliphatic heterocycles. The van der Waals surface area contributed by atoms with Crippen LogP contribution in [0, 0.1) is 11.8 Å². The average Bonchev–Trinajstić information content (AvgIpc) is 2.88. The fourth-order valence-electron chi connectivity index (χ4n) is 3.02. The lowest BCUT2D eigenvalue weighted by molar-refractivity contribution is -0.183. The summed E-state index contributed by atoms with van der Waals surface area (Å²) in [5.41, 5.74) is 1.93. The minimum absolute atomic E-state index is 0.255. The minimum Gasteiger partial charge on any atom is -0.382 e. The molecule has 0 atom stereocenters. The predicted octanol–water partition coefficient (Wildman–Crippen LogP) is 4.11. The Bertz CT molecular complexity index is 597. The molecule has 1 saturated carbocycles. The van der Waals surface area contributed by atoms with E-state index in [2.05, 4.69) is 10.4 Å². The van der Waals surface area contributed by atoms with Gasteiger partial charge in [0, 0.05) is 12.7 Å². The van der Waals surface area contributed by atoms with E-state index in [1.807, 2.05) is 24.4 Å². The Balaban J connectivity index is 1.55. The molecule has 1 N–H and O–H groups in total. The first-order chi connectivity index (χ1) is 10.0. The Morgan fingerprint density at radius 1 is 1.19 bits per heavy atom. The maximum atomic E-state index is 12.6. The molecule has 0 aromatic carbocycles. The second kappa shape index (κ2) is 5.58. The smallest absolute Gasteiger partial charge is 0.382 e. The molecule has 21 heavy (non-hydrogen) atoms. The van der Waals surface area contributed by atoms with E-state index >= 15 is 0 Å². The van der Waals surface area contributed by atoms with Crippen LogP contribution in [-0.4, -0.2) is 22.3 Å². The molecule has 0 bridgehead atoms. The third kappa shape index (κ3) is 3.14. The summed E-state index contributed by atoms with van der Waals surface area (Å²) in [6.07, 6.45) is 1.38. The number of nitrogens with zero attached hydrogens (tertiary/aromatic N) is 2. The largest absolute Gasteiger partial charge is 0.391 e. The quantitative estimate of drug-likeness (QED) is 0.923. The van der Waals surface area contributed by atoms with E-state index in [9.17, 15) is 13.2 Å². The standard InChI is InChI=1S/C15H18F3N3/c16-15(17,18)12-6-4-11(5-7-12)9-19-13-10-20-21-8-2-1-3-14(13)21/h1-3,8,10-12,19H,4-7,9H2. The van der Waals surface area contributed by atoms with Crippen molar-refractivity contribution in [3.05, 3.63) is 30.6 Å². The second-order valence-corrected chi connectivity index (χ2v) is 5.73. The lowest BCUT2D eigenvalue weighted by Crippen LogP contribution is -2.29. The summed E-state index contributed by atoms with van der Waals surface area (Å²) in [5.74, 6) is -0.798. The molecular weight excluding hydrogens is 279 g/mol. The number of hydrogen-bond acceptors (Lipinski definition) is 2. The van der Waals surface area contributed by atoms with Crippen molar-refractivity contribution < 1.29 is 13.2 Å². The highest BCUT2D eigenvalue weighted by Gasteiger charge is 2.41. The van der Waals surface area contributed by atoms with E-state index in [-0.39, 0.29) is 12.8 Å². The molecule has 114 valence electrons. The SMILES string of the molecule is FC(F)(F)C1CCC(CNc2cnn3ccccc23)CC1. The molecule has 0 radical (unpaired) electrons. The van der Waals surface area contributed by atoms with E-state index in [0.29, 0.717) is 25.3 Å². The fraction of sp³-hybridized carbons (Fsp3) is 0.533. The van der Waals surface area contributed by atoms with Crippen molar-refractivity contribution in [3.63, 3.8) is 0 Å². The van der Waals surface area contributed by atoms with Gasteiger partial charge in [-0.1, -0.05) is 6.07 Å². The van der Waals surface area contributed by atoms with E-state index in [1.54, 1.807) is 10.7 Å². The van der Waals surface area contributed by atoms with Gasteiger partial charge in [-0.25, -0.2) is 4.52 Å². The highest BCUT2D eigenvalue weighted by atomic mass is 19.4. The van der Waals surface area contributed by atoms with Crippen LogP contribution in [0.25, 0.3) is 5.52 Å². The molecule has 0 spiro atoms. The van der Waals surface area contributed by atoms with Gasteiger partial charge in [0.25, 0.3) is 0 Å². The molecule has 0 amide bonds. The van der Waals surface area contributed by atoms with Gasteiger partial charge in [-0.15, -0.1) is 0 Å². The molecule has 2 aromatic rings. The summed E-state index contributed by atoms with van der Waals surface area (Å²) in [6.45, 7) is 0.709. The third-order valence-electron chi connectivity index (χ3n) is 4.32. The van der Waals surface area contributed by atoms with Gasteiger partial charge >= 0.3 is 6.18 Å². The molecular formula is C15H18F3N3. The first kappa shape index (κ1) is 14.2. The Labute approximate surface area is 121 Å². The molecule has 6 heteroatoms. The number of alkyl halides is 3. The molecule has 0 saturated heterocycles. The summed E-state index contributed by atoms with van der Waals surface area (Å²) in [4.78, 5) is 0. The second-order valence-electron chi connectivity index (χ2n) is 5.73. The van der Waals surface area contributed by atoms with Gasteiger partial charge in [0.2, 0.25) is 0 Å². The molecule has 3 rings (SSSR count). The Kier molecular flexibility index (Phi) is 3.78. The molecule has 1 aliphatic rings. The topological polar surface area (TPSA) is 29.3 Å². The molecule has 0 unspecified atom stereocenters. The van der Waals surface area contributed by atoms with E-state index in [0.717, 1.165) is 11.2 Å². The van der Waals surface area contributed by atoms with Gasteiger partial charge < -0.3 is 5.32 Å². The maximum absolute atomic E-state index is 12.6. The van der Waals surface area contributed by atoms with Gasteiger partial charge in [-0.3, -0.25) is 0 Å². The van der Waals surface area contributed by atoms with Crippen molar-refractivity contribution >= 4 is 11.2 Å². The number of pyridine rings is 1. The zero-order valence-corrected chi connectivity index (χ0v) is 11.6. The summed E-state index contributed by atoms with van der Waals surface area (Å²) in [6, 6.07) is 5.81. The first-order valence-electron chi connectivity index (χ1n) is 7.27. The predicted molar refractivity (Wildman–Crippen MR) is 75.2 cm³/mol. The lowest BCUT2D eigenvalue weighted by Gasteiger charge is -2.30. The number of fused-ring (bicyclic) bond motifs is 1. The van der Waals surface area contributed by atoms with Gasteiger partial charge in [0.15, 0.2) is 0 Å². The number of rotatable bonds is 3.